The Morgan fingerprint density at radius 1 is 1.59 bits per heavy atom. The Balaban J connectivity index is 2.09. The Morgan fingerprint density at radius 3 is 3.18 bits per heavy atom. The van der Waals surface area contributed by atoms with Crippen molar-refractivity contribution in [3.05, 3.63) is 23.9 Å². The highest BCUT2D eigenvalue weighted by Crippen LogP contribution is 2.19. The van der Waals surface area contributed by atoms with Gasteiger partial charge < -0.3 is 15.0 Å². The molecule has 5 heteroatoms. The molecule has 1 aliphatic heterocycles. The van der Waals surface area contributed by atoms with E-state index in [0.29, 0.717) is 5.88 Å². The lowest BCUT2D eigenvalue weighted by atomic mass is 10.2. The van der Waals surface area contributed by atoms with Gasteiger partial charge in [-0.2, -0.15) is 0 Å². The smallest absolute Gasteiger partial charge is 0.224 e. The molecule has 0 saturated heterocycles. The molecule has 0 bridgehead atoms. The number of rotatable bonds is 3. The van der Waals surface area contributed by atoms with Gasteiger partial charge in [0.15, 0.2) is 0 Å². The summed E-state index contributed by atoms with van der Waals surface area (Å²) >= 11 is 5.29. The Kier molecular flexibility index (Phi) is 3.91. The molecule has 0 aromatic carbocycles. The maximum Gasteiger partial charge on any atom is 0.224 e. The van der Waals surface area contributed by atoms with Crippen LogP contribution in [0.5, 0.6) is 5.88 Å². The second-order valence-electron chi connectivity index (χ2n) is 4.40. The first-order chi connectivity index (χ1) is 8.16. The molecule has 0 spiro atoms. The minimum Gasteiger partial charge on any atom is -0.472 e. The van der Waals surface area contributed by atoms with E-state index >= 15 is 0 Å². The van der Waals surface area contributed by atoms with Crippen molar-refractivity contribution in [2.24, 2.45) is 0 Å². The summed E-state index contributed by atoms with van der Waals surface area (Å²) in [7, 11) is 4.11. The van der Waals surface area contributed by atoms with Crippen molar-refractivity contribution in [2.75, 3.05) is 27.2 Å². The number of thiocarbonyl (C=S) groups is 1. The third-order valence-corrected chi connectivity index (χ3v) is 3.05. The van der Waals surface area contributed by atoms with Gasteiger partial charge in [-0.15, -0.1) is 0 Å². The van der Waals surface area contributed by atoms with Crippen molar-refractivity contribution in [3.63, 3.8) is 0 Å². The maximum absolute atomic E-state index is 5.89. The number of fused-ring (bicyclic) bond motifs is 1. The van der Waals surface area contributed by atoms with Crippen molar-refractivity contribution in [1.82, 2.24) is 15.2 Å². The molecule has 1 aromatic heterocycles. The topological polar surface area (TPSA) is 37.4 Å². The average Bonchev–Trinajstić information content (AvgIpc) is 2.47. The van der Waals surface area contributed by atoms with Gasteiger partial charge in [-0.1, -0.05) is 12.2 Å². The second kappa shape index (κ2) is 5.42. The highest BCUT2D eigenvalue weighted by Gasteiger charge is 2.20. The van der Waals surface area contributed by atoms with Crippen LogP contribution in [0.1, 0.15) is 12.0 Å². The van der Waals surface area contributed by atoms with Gasteiger partial charge in [0.05, 0.1) is 12.1 Å². The summed E-state index contributed by atoms with van der Waals surface area (Å²) in [4.78, 5) is 7.11. The molecule has 2 rings (SSSR count). The lowest BCUT2D eigenvalue weighted by Crippen LogP contribution is -2.33. The molecule has 1 aromatic rings. The number of aromatic nitrogens is 1. The zero-order valence-corrected chi connectivity index (χ0v) is 11.0. The quantitative estimate of drug-likeness (QED) is 0.813. The summed E-state index contributed by atoms with van der Waals surface area (Å²) < 4.78 is 5.89. The first-order valence-electron chi connectivity index (χ1n) is 5.71. The largest absolute Gasteiger partial charge is 0.472 e. The molecule has 0 fully saturated rings. The third kappa shape index (κ3) is 3.14. The van der Waals surface area contributed by atoms with Crippen molar-refractivity contribution in [1.29, 1.82) is 0 Å². The number of hydrogen-bond donors (Lipinski definition) is 1. The van der Waals surface area contributed by atoms with Crippen LogP contribution in [0.2, 0.25) is 0 Å². The van der Waals surface area contributed by atoms with Gasteiger partial charge >= 0.3 is 0 Å². The van der Waals surface area contributed by atoms with Gasteiger partial charge in [0.2, 0.25) is 5.88 Å². The van der Waals surface area contributed by atoms with E-state index in [0.717, 1.165) is 30.1 Å². The van der Waals surface area contributed by atoms with Crippen LogP contribution in [0.3, 0.4) is 0 Å². The molecular formula is C12H17N3OS. The van der Waals surface area contributed by atoms with E-state index in [4.69, 9.17) is 17.0 Å². The first kappa shape index (κ1) is 12.3. The fourth-order valence-electron chi connectivity index (χ4n) is 1.72. The molecule has 1 unspecified atom stereocenters. The molecule has 1 aliphatic rings. The summed E-state index contributed by atoms with van der Waals surface area (Å²) in [6.07, 6.45) is 2.81. The van der Waals surface area contributed by atoms with Gasteiger partial charge in [-0.25, -0.2) is 4.98 Å². The monoisotopic (exact) mass is 251 g/mol. The van der Waals surface area contributed by atoms with Gasteiger partial charge in [-0.3, -0.25) is 0 Å². The predicted octanol–water partition coefficient (Wildman–Crippen LogP) is 1.06. The number of hydrogen-bond acceptors (Lipinski definition) is 4. The average molecular weight is 251 g/mol. The lowest BCUT2D eigenvalue weighted by Gasteiger charge is -2.18. The summed E-state index contributed by atoms with van der Waals surface area (Å²) in [6.45, 7) is 1.73. The van der Waals surface area contributed by atoms with Crippen LogP contribution in [0, 0.1) is 0 Å². The van der Waals surface area contributed by atoms with E-state index in [1.165, 1.54) is 0 Å². The number of pyridine rings is 1. The van der Waals surface area contributed by atoms with Crippen LogP contribution >= 0.6 is 12.2 Å². The maximum atomic E-state index is 5.89. The van der Waals surface area contributed by atoms with E-state index in [1.807, 2.05) is 12.1 Å². The van der Waals surface area contributed by atoms with Gasteiger partial charge in [0.1, 0.15) is 11.1 Å². The molecular weight excluding hydrogens is 234 g/mol. The Hall–Kier alpha value is -1.20. The zero-order valence-electron chi connectivity index (χ0n) is 10.1. The van der Waals surface area contributed by atoms with Crippen molar-refractivity contribution in [2.45, 2.75) is 12.5 Å². The normalized spacial score (nSPS) is 19.2. The first-order valence-corrected chi connectivity index (χ1v) is 6.12. The summed E-state index contributed by atoms with van der Waals surface area (Å²) in [5, 5.41) is 3.22. The standard InChI is InChI=1S/C12H17N3OS/c1-15(2)7-5-9-8-14-12(17)10-4-3-6-13-11(10)16-9/h3-4,6,9H,5,7-8H2,1-2H3,(H,14,17). The van der Waals surface area contributed by atoms with Crippen molar-refractivity contribution >= 4 is 17.2 Å². The fourth-order valence-corrected chi connectivity index (χ4v) is 1.96. The molecule has 1 atom stereocenters. The fraction of sp³-hybridized carbons (Fsp3) is 0.500. The molecule has 4 nitrogen and oxygen atoms in total. The Morgan fingerprint density at radius 2 is 2.41 bits per heavy atom. The van der Waals surface area contributed by atoms with Crippen LogP contribution in [0.4, 0.5) is 0 Å². The predicted molar refractivity (Wildman–Crippen MR) is 71.5 cm³/mol. The van der Waals surface area contributed by atoms with Crippen molar-refractivity contribution in [3.8, 4) is 5.88 Å². The summed E-state index contributed by atoms with van der Waals surface area (Å²) in [5.41, 5.74) is 0.884. The lowest BCUT2D eigenvalue weighted by molar-refractivity contribution is 0.175. The van der Waals surface area contributed by atoms with E-state index in [-0.39, 0.29) is 6.10 Å². The van der Waals surface area contributed by atoms with Crippen molar-refractivity contribution < 1.29 is 4.74 Å². The highest BCUT2D eigenvalue weighted by atomic mass is 32.1. The van der Waals surface area contributed by atoms with Crippen LogP contribution in [-0.4, -0.2) is 48.2 Å². The van der Waals surface area contributed by atoms with Gasteiger partial charge in [0.25, 0.3) is 0 Å². The molecule has 1 N–H and O–H groups in total. The molecule has 0 radical (unpaired) electrons. The minimum absolute atomic E-state index is 0.117. The van der Waals surface area contributed by atoms with Crippen LogP contribution in [0.25, 0.3) is 0 Å². The van der Waals surface area contributed by atoms with Crippen LogP contribution < -0.4 is 10.1 Å². The highest BCUT2D eigenvalue weighted by molar-refractivity contribution is 7.80. The Bertz CT molecular complexity index is 408. The summed E-state index contributed by atoms with van der Waals surface area (Å²) in [5.74, 6) is 0.645. The number of ether oxygens (including phenoxy) is 1. The molecule has 0 aliphatic carbocycles. The minimum atomic E-state index is 0.117. The van der Waals surface area contributed by atoms with Gasteiger partial charge in [0, 0.05) is 12.7 Å². The van der Waals surface area contributed by atoms with E-state index < -0.39 is 0 Å². The second-order valence-corrected chi connectivity index (χ2v) is 4.81. The zero-order chi connectivity index (χ0) is 12.3. The molecule has 0 saturated carbocycles. The molecule has 2 heterocycles. The van der Waals surface area contributed by atoms with E-state index in [9.17, 15) is 0 Å². The van der Waals surface area contributed by atoms with Crippen LogP contribution in [-0.2, 0) is 0 Å². The summed E-state index contributed by atoms with van der Waals surface area (Å²) in [6, 6.07) is 3.81. The Labute approximate surface area is 107 Å². The number of nitrogens with one attached hydrogen (secondary N) is 1. The van der Waals surface area contributed by atoms with E-state index in [1.54, 1.807) is 6.20 Å². The van der Waals surface area contributed by atoms with E-state index in [2.05, 4.69) is 29.3 Å². The molecule has 92 valence electrons. The molecule has 0 amide bonds. The SMILES string of the molecule is CN(C)CCC1CNC(=S)c2cccnc2O1. The van der Waals surface area contributed by atoms with Crippen LogP contribution in [0.15, 0.2) is 18.3 Å². The number of nitrogens with zero attached hydrogens (tertiary/aromatic N) is 2. The third-order valence-electron chi connectivity index (χ3n) is 2.68. The van der Waals surface area contributed by atoms with Gasteiger partial charge in [-0.05, 0) is 32.6 Å². The molecule has 17 heavy (non-hydrogen) atoms.